The summed E-state index contributed by atoms with van der Waals surface area (Å²) in [5.74, 6) is 0. The van der Waals surface area contributed by atoms with Crippen LogP contribution in [0.3, 0.4) is 0 Å². The molecule has 0 bridgehead atoms. The lowest BCUT2D eigenvalue weighted by Crippen LogP contribution is -2.25. The lowest BCUT2D eigenvalue weighted by Gasteiger charge is -2.29. The molecule has 2 atom stereocenters. The topological polar surface area (TPSA) is 70.4 Å². The van der Waals surface area contributed by atoms with Gasteiger partial charge in [-0.3, -0.25) is 4.18 Å². The van der Waals surface area contributed by atoms with Crippen molar-refractivity contribution in [1.29, 1.82) is 0 Å². The Balaban J connectivity index is 1.89. The molecule has 1 aromatic rings. The number of rotatable bonds is 7. The normalized spacial score (nSPS) is 22.9. The van der Waals surface area contributed by atoms with Gasteiger partial charge in [0.15, 0.2) is 6.23 Å². The second kappa shape index (κ2) is 7.90. The molecule has 2 heterocycles. The number of halogens is 1. The minimum absolute atomic E-state index is 0.00248. The van der Waals surface area contributed by atoms with Crippen LogP contribution in [0.2, 0.25) is 0 Å². The van der Waals surface area contributed by atoms with Crippen LogP contribution >= 0.6 is 15.9 Å². The number of ether oxygens (including phenoxy) is 1. The first-order valence-corrected chi connectivity index (χ1v) is 10.2. The number of hydrogen-bond donors (Lipinski definition) is 0. The van der Waals surface area contributed by atoms with E-state index in [0.717, 1.165) is 48.5 Å². The Labute approximate surface area is 140 Å². The van der Waals surface area contributed by atoms with E-state index >= 15 is 0 Å². The molecule has 0 aromatic carbocycles. The summed E-state index contributed by atoms with van der Waals surface area (Å²) in [4.78, 5) is 0. The highest BCUT2D eigenvalue weighted by molar-refractivity contribution is 9.10. The third-order valence-electron chi connectivity index (χ3n) is 3.68. The molecule has 0 spiro atoms. The zero-order valence-corrected chi connectivity index (χ0v) is 15.4. The van der Waals surface area contributed by atoms with E-state index in [9.17, 15) is 8.42 Å². The van der Waals surface area contributed by atoms with Crippen LogP contribution < -0.4 is 0 Å². The average Bonchev–Trinajstić information content (AvgIpc) is 2.79. The minimum Gasteiger partial charge on any atom is -0.354 e. The van der Waals surface area contributed by atoms with E-state index in [0.29, 0.717) is 6.42 Å². The first-order valence-electron chi connectivity index (χ1n) is 7.58. The molecule has 0 aliphatic carbocycles. The summed E-state index contributed by atoms with van der Waals surface area (Å²) in [5.41, 5.74) is 1.10. The van der Waals surface area contributed by atoms with Crippen LogP contribution in [-0.2, 0) is 25.5 Å². The molecule has 1 aliphatic rings. The summed E-state index contributed by atoms with van der Waals surface area (Å²) >= 11 is 3.53. The van der Waals surface area contributed by atoms with Gasteiger partial charge in [0.05, 0.1) is 35.3 Å². The summed E-state index contributed by atoms with van der Waals surface area (Å²) in [6.07, 6.45) is 8.67. The smallest absolute Gasteiger partial charge is 0.264 e. The number of nitrogens with zero attached hydrogens (tertiary/aromatic N) is 2. The molecule has 1 fully saturated rings. The van der Waals surface area contributed by atoms with Gasteiger partial charge in [-0.05, 0) is 61.4 Å². The van der Waals surface area contributed by atoms with E-state index in [1.807, 2.05) is 4.68 Å². The fourth-order valence-corrected chi connectivity index (χ4v) is 3.51. The molecule has 8 heteroatoms. The van der Waals surface area contributed by atoms with Gasteiger partial charge in [0.2, 0.25) is 0 Å². The molecule has 22 heavy (non-hydrogen) atoms. The van der Waals surface area contributed by atoms with E-state index in [4.69, 9.17) is 8.92 Å². The molecule has 126 valence electrons. The summed E-state index contributed by atoms with van der Waals surface area (Å²) in [6.45, 7) is 2.31. The molecule has 2 unspecified atom stereocenters. The van der Waals surface area contributed by atoms with Crippen LogP contribution in [0.4, 0.5) is 0 Å². The third kappa shape index (κ3) is 5.33. The van der Waals surface area contributed by atoms with Gasteiger partial charge in [-0.15, -0.1) is 0 Å². The van der Waals surface area contributed by atoms with E-state index in [1.165, 1.54) is 0 Å². The van der Waals surface area contributed by atoms with E-state index in [2.05, 4.69) is 28.0 Å². The summed E-state index contributed by atoms with van der Waals surface area (Å²) in [7, 11) is -3.34. The van der Waals surface area contributed by atoms with Crippen molar-refractivity contribution in [3.8, 4) is 0 Å². The molecule has 1 aromatic heterocycles. The van der Waals surface area contributed by atoms with Gasteiger partial charge in [-0.25, -0.2) is 4.68 Å². The Bertz CT molecular complexity index is 588. The molecule has 6 nitrogen and oxygen atoms in total. The van der Waals surface area contributed by atoms with Crippen LogP contribution in [-0.4, -0.2) is 37.2 Å². The predicted molar refractivity (Wildman–Crippen MR) is 87.1 cm³/mol. The number of unbranched alkanes of at least 4 members (excludes halogenated alkanes) is 1. The van der Waals surface area contributed by atoms with Crippen molar-refractivity contribution in [2.24, 2.45) is 0 Å². The predicted octanol–water partition coefficient (Wildman–Crippen LogP) is 3.03. The molecule has 0 radical (unpaired) electrons. The molecule has 0 amide bonds. The maximum absolute atomic E-state index is 10.9. The Morgan fingerprint density at radius 2 is 2.23 bits per heavy atom. The molecule has 2 rings (SSSR count). The van der Waals surface area contributed by atoms with Gasteiger partial charge in [-0.2, -0.15) is 13.5 Å². The standard InChI is InChI=1S/C14H23BrN2O4S/c1-11-6-5-8-14(21-11)17-13(12(15)10-16-17)7-3-4-9-20-22(2,18)19/h10-11,14H,3-9H2,1-2H3. The summed E-state index contributed by atoms with van der Waals surface area (Å²) < 4.78 is 35.5. The fraction of sp³-hybridized carbons (Fsp3) is 0.786. The van der Waals surface area contributed by atoms with Gasteiger partial charge < -0.3 is 4.74 Å². The lowest BCUT2D eigenvalue weighted by atomic mass is 10.1. The molecule has 0 saturated carbocycles. The van der Waals surface area contributed by atoms with Gasteiger partial charge >= 0.3 is 0 Å². The highest BCUT2D eigenvalue weighted by Crippen LogP contribution is 2.30. The molecular weight excluding hydrogens is 372 g/mol. The number of hydrogen-bond acceptors (Lipinski definition) is 5. The number of aromatic nitrogens is 2. The Morgan fingerprint density at radius 3 is 2.91 bits per heavy atom. The van der Waals surface area contributed by atoms with Crippen molar-refractivity contribution in [2.45, 2.75) is 57.8 Å². The van der Waals surface area contributed by atoms with Crippen LogP contribution in [0.25, 0.3) is 0 Å². The van der Waals surface area contributed by atoms with Crippen molar-refractivity contribution >= 4 is 26.0 Å². The van der Waals surface area contributed by atoms with E-state index < -0.39 is 10.1 Å². The van der Waals surface area contributed by atoms with Crippen LogP contribution in [0, 0.1) is 0 Å². The van der Waals surface area contributed by atoms with Crippen molar-refractivity contribution in [2.75, 3.05) is 12.9 Å². The Kier molecular flexibility index (Phi) is 6.43. The van der Waals surface area contributed by atoms with Crippen LogP contribution in [0.1, 0.15) is 50.9 Å². The fourth-order valence-electron chi connectivity index (χ4n) is 2.62. The van der Waals surface area contributed by atoms with E-state index in [1.54, 1.807) is 6.20 Å². The third-order valence-corrected chi connectivity index (χ3v) is 4.93. The van der Waals surface area contributed by atoms with Crippen molar-refractivity contribution in [3.63, 3.8) is 0 Å². The quantitative estimate of drug-likeness (QED) is 0.524. The van der Waals surface area contributed by atoms with Gasteiger partial charge in [0.1, 0.15) is 0 Å². The maximum Gasteiger partial charge on any atom is 0.264 e. The Hall–Kier alpha value is -0.440. The summed E-state index contributed by atoms with van der Waals surface area (Å²) in [5, 5.41) is 4.43. The maximum atomic E-state index is 10.9. The van der Waals surface area contributed by atoms with Crippen LogP contribution in [0.15, 0.2) is 10.7 Å². The molecule has 0 N–H and O–H groups in total. The monoisotopic (exact) mass is 394 g/mol. The molecular formula is C14H23BrN2O4S. The zero-order chi connectivity index (χ0) is 16.2. The summed E-state index contributed by atoms with van der Waals surface area (Å²) in [6, 6.07) is 0. The zero-order valence-electron chi connectivity index (χ0n) is 13.0. The van der Waals surface area contributed by atoms with Crippen molar-refractivity contribution in [3.05, 3.63) is 16.4 Å². The van der Waals surface area contributed by atoms with Crippen molar-refractivity contribution < 1.29 is 17.3 Å². The second-order valence-corrected chi connectivity index (χ2v) is 8.20. The first kappa shape index (κ1) is 17.9. The molecule has 1 aliphatic heterocycles. The Morgan fingerprint density at radius 1 is 1.45 bits per heavy atom. The van der Waals surface area contributed by atoms with Gasteiger partial charge in [-0.1, -0.05) is 0 Å². The second-order valence-electron chi connectivity index (χ2n) is 5.70. The average molecular weight is 395 g/mol. The van der Waals surface area contributed by atoms with Gasteiger partial charge in [0, 0.05) is 0 Å². The highest BCUT2D eigenvalue weighted by Gasteiger charge is 2.24. The van der Waals surface area contributed by atoms with Gasteiger partial charge in [0.25, 0.3) is 10.1 Å². The largest absolute Gasteiger partial charge is 0.354 e. The van der Waals surface area contributed by atoms with E-state index in [-0.39, 0.29) is 18.9 Å². The molecule has 1 saturated heterocycles. The minimum atomic E-state index is -3.34. The van der Waals surface area contributed by atoms with Crippen LogP contribution in [0.5, 0.6) is 0 Å². The van der Waals surface area contributed by atoms with Crippen molar-refractivity contribution in [1.82, 2.24) is 9.78 Å². The highest BCUT2D eigenvalue weighted by atomic mass is 79.9. The first-order chi connectivity index (χ1) is 10.4. The lowest BCUT2D eigenvalue weighted by molar-refractivity contribution is -0.0880. The SMILES string of the molecule is CC1CCCC(n2ncc(Br)c2CCCCOS(C)(=O)=O)O1.